The lowest BCUT2D eigenvalue weighted by atomic mass is 10.1. The summed E-state index contributed by atoms with van der Waals surface area (Å²) >= 11 is 0. The summed E-state index contributed by atoms with van der Waals surface area (Å²) in [5.74, 6) is 3.37. The Morgan fingerprint density at radius 2 is 2.25 bits per heavy atom. The van der Waals surface area contributed by atoms with Crippen molar-refractivity contribution in [2.45, 2.75) is 20.3 Å². The summed E-state index contributed by atoms with van der Waals surface area (Å²) in [6.45, 7) is 8.67. The highest BCUT2D eigenvalue weighted by Gasteiger charge is 1.88. The van der Waals surface area contributed by atoms with E-state index in [2.05, 4.69) is 36.3 Å². The highest BCUT2D eigenvalue weighted by Crippen LogP contribution is 1.97. The van der Waals surface area contributed by atoms with Gasteiger partial charge in [-0.05, 0) is 18.2 Å². The molecule has 0 aromatic heterocycles. The predicted molar refractivity (Wildman–Crippen MR) is 55.0 cm³/mol. The lowest BCUT2D eigenvalue weighted by molar-refractivity contribution is 0.598. The van der Waals surface area contributed by atoms with Crippen LogP contribution in [0, 0.1) is 5.92 Å². The molecule has 0 aliphatic carbocycles. The number of nitrogens with zero attached hydrogens (tertiary/aromatic N) is 2. The van der Waals surface area contributed by atoms with E-state index in [1.807, 2.05) is 0 Å². The first-order valence-corrected chi connectivity index (χ1v) is 4.15. The molecule has 0 saturated carbocycles. The summed E-state index contributed by atoms with van der Waals surface area (Å²) in [7, 11) is 0. The average Bonchev–Trinajstić information content (AvgIpc) is 2.02. The van der Waals surface area contributed by atoms with E-state index in [-0.39, 0.29) is 0 Å². The minimum absolute atomic E-state index is 0.716. The van der Waals surface area contributed by atoms with Gasteiger partial charge in [0.05, 0.1) is 0 Å². The molecule has 12 heavy (non-hydrogen) atoms. The van der Waals surface area contributed by atoms with Crippen molar-refractivity contribution in [2.75, 3.05) is 6.54 Å². The molecular formula is C10H16N2. The van der Waals surface area contributed by atoms with Gasteiger partial charge in [0, 0.05) is 25.0 Å². The molecule has 0 radical (unpaired) electrons. The number of rotatable bonds is 5. The minimum Gasteiger partial charge on any atom is -0.292 e. The molecule has 0 saturated heterocycles. The highest BCUT2D eigenvalue weighted by atomic mass is 14.7. The van der Waals surface area contributed by atoms with Gasteiger partial charge in [0.15, 0.2) is 0 Å². The molecule has 0 N–H and O–H groups in total. The molecule has 0 bridgehead atoms. The van der Waals surface area contributed by atoms with E-state index in [0.717, 1.165) is 13.0 Å². The molecule has 0 aliphatic rings. The van der Waals surface area contributed by atoms with Crippen LogP contribution in [0.4, 0.5) is 0 Å². The highest BCUT2D eigenvalue weighted by molar-refractivity contribution is 5.83. The third-order valence-electron chi connectivity index (χ3n) is 1.26. The Hall–Kier alpha value is -1.14. The SMILES string of the molecule is C=CN=C=C/C=N\CCC(C)C. The second-order valence-electron chi connectivity index (χ2n) is 2.85. The van der Waals surface area contributed by atoms with Crippen LogP contribution < -0.4 is 0 Å². The Balaban J connectivity index is 3.50. The average molecular weight is 164 g/mol. The van der Waals surface area contributed by atoms with E-state index >= 15 is 0 Å². The molecule has 2 heteroatoms. The van der Waals surface area contributed by atoms with Crippen LogP contribution in [0.2, 0.25) is 0 Å². The lowest BCUT2D eigenvalue weighted by Gasteiger charge is -1.97. The summed E-state index contributed by atoms with van der Waals surface area (Å²) < 4.78 is 0. The molecule has 0 heterocycles. The van der Waals surface area contributed by atoms with Gasteiger partial charge in [-0.25, -0.2) is 4.99 Å². The third kappa shape index (κ3) is 8.86. The van der Waals surface area contributed by atoms with Crippen LogP contribution in [0.1, 0.15) is 20.3 Å². The number of hydrogen-bond acceptors (Lipinski definition) is 2. The van der Waals surface area contributed by atoms with Crippen molar-refractivity contribution >= 4 is 12.1 Å². The Kier molecular flexibility index (Phi) is 7.21. The monoisotopic (exact) mass is 164 g/mol. The van der Waals surface area contributed by atoms with E-state index < -0.39 is 0 Å². The van der Waals surface area contributed by atoms with Crippen molar-refractivity contribution in [1.29, 1.82) is 0 Å². The number of aliphatic imine (C=N–C) groups is 2. The van der Waals surface area contributed by atoms with E-state index in [4.69, 9.17) is 0 Å². The van der Waals surface area contributed by atoms with Gasteiger partial charge in [-0.15, -0.1) is 0 Å². The fourth-order valence-electron chi connectivity index (χ4n) is 0.589. The minimum atomic E-state index is 0.716. The molecule has 0 amide bonds. The maximum atomic E-state index is 4.15. The molecule has 0 rings (SSSR count). The summed E-state index contributed by atoms with van der Waals surface area (Å²) in [4.78, 5) is 7.82. The molecule has 0 aliphatic heterocycles. The number of hydrogen-bond donors (Lipinski definition) is 0. The maximum Gasteiger partial charge on any atom is 0.0391 e. The van der Waals surface area contributed by atoms with Gasteiger partial charge in [-0.3, -0.25) is 4.99 Å². The van der Waals surface area contributed by atoms with Gasteiger partial charge in [-0.1, -0.05) is 20.4 Å². The Bertz CT molecular complexity index is 196. The van der Waals surface area contributed by atoms with Gasteiger partial charge < -0.3 is 0 Å². The first kappa shape index (κ1) is 10.9. The molecule has 66 valence electrons. The molecule has 0 aromatic carbocycles. The molecule has 0 spiro atoms. The molecule has 0 atom stereocenters. The summed E-state index contributed by atoms with van der Waals surface area (Å²) in [6.07, 6.45) is 5.97. The molecule has 2 nitrogen and oxygen atoms in total. The zero-order valence-electron chi connectivity index (χ0n) is 7.83. The largest absolute Gasteiger partial charge is 0.292 e. The lowest BCUT2D eigenvalue weighted by Crippen LogP contribution is -1.89. The Labute approximate surface area is 74.4 Å². The van der Waals surface area contributed by atoms with Crippen LogP contribution in [-0.4, -0.2) is 18.6 Å². The molecule has 0 fully saturated rings. The zero-order valence-corrected chi connectivity index (χ0v) is 7.83. The van der Waals surface area contributed by atoms with Gasteiger partial charge in [0.2, 0.25) is 0 Å². The van der Waals surface area contributed by atoms with Crippen molar-refractivity contribution in [3.05, 3.63) is 18.9 Å². The molecule has 0 unspecified atom stereocenters. The topological polar surface area (TPSA) is 24.7 Å². The number of allylic oxidation sites excluding steroid dienone is 1. The zero-order chi connectivity index (χ0) is 9.23. The Morgan fingerprint density at radius 1 is 1.50 bits per heavy atom. The normalized spacial score (nSPS) is 9.92. The fraction of sp³-hybridized carbons (Fsp3) is 0.500. The van der Waals surface area contributed by atoms with E-state index in [1.54, 1.807) is 12.3 Å². The van der Waals surface area contributed by atoms with Crippen molar-refractivity contribution in [3.63, 3.8) is 0 Å². The van der Waals surface area contributed by atoms with Crippen molar-refractivity contribution in [1.82, 2.24) is 0 Å². The first-order valence-electron chi connectivity index (χ1n) is 4.15. The van der Waals surface area contributed by atoms with Crippen molar-refractivity contribution in [2.24, 2.45) is 15.9 Å². The van der Waals surface area contributed by atoms with Gasteiger partial charge in [0.25, 0.3) is 0 Å². The van der Waals surface area contributed by atoms with Gasteiger partial charge >= 0.3 is 0 Å². The second kappa shape index (κ2) is 7.96. The van der Waals surface area contributed by atoms with Gasteiger partial charge in [-0.2, -0.15) is 0 Å². The summed E-state index contributed by atoms with van der Waals surface area (Å²) in [5, 5.41) is 0. The van der Waals surface area contributed by atoms with Crippen LogP contribution in [0.5, 0.6) is 0 Å². The van der Waals surface area contributed by atoms with Crippen LogP contribution in [0.25, 0.3) is 0 Å². The van der Waals surface area contributed by atoms with Crippen LogP contribution in [0.3, 0.4) is 0 Å². The van der Waals surface area contributed by atoms with E-state index in [0.29, 0.717) is 5.92 Å². The predicted octanol–water partition coefficient (Wildman–Crippen LogP) is 2.47. The quantitative estimate of drug-likeness (QED) is 0.558. The fourth-order valence-corrected chi connectivity index (χ4v) is 0.589. The summed E-state index contributed by atoms with van der Waals surface area (Å²) in [5.41, 5.74) is 0. The maximum absolute atomic E-state index is 4.15. The van der Waals surface area contributed by atoms with Crippen molar-refractivity contribution in [3.8, 4) is 0 Å². The summed E-state index contributed by atoms with van der Waals surface area (Å²) in [6, 6.07) is 0. The molecular weight excluding hydrogens is 148 g/mol. The van der Waals surface area contributed by atoms with Crippen LogP contribution >= 0.6 is 0 Å². The standard InChI is InChI=1S/C10H16N2/c1-4-11-7-5-8-12-9-6-10(2)3/h4-5,8,10H,1,6,9H2,2-3H3/b12-8-. The third-order valence-corrected chi connectivity index (χ3v) is 1.26. The van der Waals surface area contributed by atoms with E-state index in [9.17, 15) is 0 Å². The van der Waals surface area contributed by atoms with Crippen molar-refractivity contribution < 1.29 is 0 Å². The smallest absolute Gasteiger partial charge is 0.0391 e. The second-order valence-corrected chi connectivity index (χ2v) is 2.85. The molecule has 0 aromatic rings. The Morgan fingerprint density at radius 3 is 2.83 bits per heavy atom. The first-order chi connectivity index (χ1) is 5.77. The van der Waals surface area contributed by atoms with Crippen LogP contribution in [0.15, 0.2) is 28.8 Å². The van der Waals surface area contributed by atoms with E-state index in [1.165, 1.54) is 6.20 Å². The van der Waals surface area contributed by atoms with Gasteiger partial charge in [0.1, 0.15) is 0 Å². The van der Waals surface area contributed by atoms with Crippen LogP contribution in [-0.2, 0) is 0 Å².